The number of hydrogen-bond donors (Lipinski definition) is 2. The third kappa shape index (κ3) is 3.31. The molecule has 0 bridgehead atoms. The highest BCUT2D eigenvalue weighted by molar-refractivity contribution is 7.09. The van der Waals surface area contributed by atoms with Crippen LogP contribution in [0.3, 0.4) is 0 Å². The van der Waals surface area contributed by atoms with E-state index in [0.717, 1.165) is 17.7 Å². The van der Waals surface area contributed by atoms with Crippen molar-refractivity contribution >= 4 is 17.4 Å². The maximum absolute atomic E-state index is 11.7. The molecule has 1 aromatic rings. The zero-order valence-electron chi connectivity index (χ0n) is 11.4. The van der Waals surface area contributed by atoms with Crippen LogP contribution in [-0.4, -0.2) is 31.1 Å². The van der Waals surface area contributed by atoms with Gasteiger partial charge in [-0.05, 0) is 24.3 Å². The largest absolute Gasteiger partial charge is 0.347 e. The molecule has 2 N–H and O–H groups in total. The Morgan fingerprint density at radius 3 is 3.00 bits per heavy atom. The number of ether oxygens (including phenoxy) is 2. The maximum Gasteiger partial charge on any atom is 0.315 e. The first-order valence-electron chi connectivity index (χ1n) is 7.12. The van der Waals surface area contributed by atoms with Crippen LogP contribution in [0.2, 0.25) is 0 Å². The summed E-state index contributed by atoms with van der Waals surface area (Å²) in [5.41, 5.74) is 0. The Balaban J connectivity index is 1.36. The van der Waals surface area contributed by atoms with Gasteiger partial charge in [-0.2, -0.15) is 0 Å². The van der Waals surface area contributed by atoms with Gasteiger partial charge in [0.2, 0.25) is 0 Å². The molecule has 2 fully saturated rings. The van der Waals surface area contributed by atoms with Gasteiger partial charge < -0.3 is 20.1 Å². The SMILES string of the molecule is O=C(NCc1cccs1)NC[C@H]1COC2(CCCC2)O1. The van der Waals surface area contributed by atoms with Crippen LogP contribution in [0.4, 0.5) is 4.79 Å². The number of urea groups is 1. The van der Waals surface area contributed by atoms with E-state index in [4.69, 9.17) is 9.47 Å². The van der Waals surface area contributed by atoms with Gasteiger partial charge >= 0.3 is 6.03 Å². The summed E-state index contributed by atoms with van der Waals surface area (Å²) in [5, 5.41) is 7.68. The summed E-state index contributed by atoms with van der Waals surface area (Å²) in [7, 11) is 0. The number of thiophene rings is 1. The van der Waals surface area contributed by atoms with Crippen LogP contribution in [-0.2, 0) is 16.0 Å². The van der Waals surface area contributed by atoms with Gasteiger partial charge in [0.25, 0.3) is 0 Å². The summed E-state index contributed by atoms with van der Waals surface area (Å²) in [6.45, 7) is 1.64. The molecule has 1 aromatic heterocycles. The lowest BCUT2D eigenvalue weighted by Gasteiger charge is -2.21. The number of carbonyl (C=O) groups excluding carboxylic acids is 1. The van der Waals surface area contributed by atoms with Crippen molar-refractivity contribution < 1.29 is 14.3 Å². The summed E-state index contributed by atoms with van der Waals surface area (Å²) < 4.78 is 11.7. The minimum absolute atomic E-state index is 0.0272. The molecular weight excluding hydrogens is 276 g/mol. The van der Waals surface area contributed by atoms with Crippen molar-refractivity contribution in [2.75, 3.05) is 13.2 Å². The van der Waals surface area contributed by atoms with E-state index in [0.29, 0.717) is 19.7 Å². The lowest BCUT2D eigenvalue weighted by molar-refractivity contribution is -0.160. The molecule has 3 rings (SSSR count). The van der Waals surface area contributed by atoms with Crippen molar-refractivity contribution in [2.24, 2.45) is 0 Å². The van der Waals surface area contributed by atoms with Gasteiger partial charge in [0.15, 0.2) is 5.79 Å². The van der Waals surface area contributed by atoms with Gasteiger partial charge in [0.1, 0.15) is 6.10 Å². The van der Waals surface area contributed by atoms with E-state index in [1.165, 1.54) is 12.8 Å². The van der Waals surface area contributed by atoms with E-state index in [1.807, 2.05) is 17.5 Å². The second-order valence-electron chi connectivity index (χ2n) is 5.31. The molecule has 2 amide bonds. The lowest BCUT2D eigenvalue weighted by Crippen LogP contribution is -2.40. The molecule has 0 radical (unpaired) electrons. The predicted molar refractivity (Wildman–Crippen MR) is 76.6 cm³/mol. The third-order valence-electron chi connectivity index (χ3n) is 3.77. The van der Waals surface area contributed by atoms with E-state index >= 15 is 0 Å². The van der Waals surface area contributed by atoms with Crippen molar-refractivity contribution in [1.82, 2.24) is 10.6 Å². The fourth-order valence-corrected chi connectivity index (χ4v) is 3.39. The van der Waals surface area contributed by atoms with Crippen LogP contribution in [0, 0.1) is 0 Å². The molecule has 0 unspecified atom stereocenters. The van der Waals surface area contributed by atoms with Crippen molar-refractivity contribution in [3.63, 3.8) is 0 Å². The molecule has 1 saturated carbocycles. The number of amides is 2. The smallest absolute Gasteiger partial charge is 0.315 e. The fourth-order valence-electron chi connectivity index (χ4n) is 2.74. The first kappa shape index (κ1) is 13.9. The average molecular weight is 296 g/mol. The van der Waals surface area contributed by atoms with Gasteiger partial charge in [0, 0.05) is 24.3 Å². The second kappa shape index (κ2) is 6.11. The molecule has 20 heavy (non-hydrogen) atoms. The van der Waals surface area contributed by atoms with Crippen molar-refractivity contribution in [3.05, 3.63) is 22.4 Å². The van der Waals surface area contributed by atoms with E-state index in [-0.39, 0.29) is 17.9 Å². The molecule has 6 heteroatoms. The first-order valence-corrected chi connectivity index (χ1v) is 8.00. The van der Waals surface area contributed by atoms with Gasteiger partial charge in [-0.25, -0.2) is 4.79 Å². The molecule has 2 aliphatic rings. The quantitative estimate of drug-likeness (QED) is 0.896. The van der Waals surface area contributed by atoms with Crippen LogP contribution in [0.1, 0.15) is 30.6 Å². The number of hydrogen-bond acceptors (Lipinski definition) is 4. The van der Waals surface area contributed by atoms with E-state index in [9.17, 15) is 4.79 Å². The Morgan fingerprint density at radius 1 is 1.40 bits per heavy atom. The van der Waals surface area contributed by atoms with Crippen LogP contribution >= 0.6 is 11.3 Å². The monoisotopic (exact) mass is 296 g/mol. The Labute approximate surface area is 122 Å². The standard InChI is InChI=1S/C14H20N2O3S/c17-13(16-9-12-4-3-7-20-12)15-8-11-10-18-14(19-11)5-1-2-6-14/h3-4,7,11H,1-2,5-6,8-10H2,(H2,15,16,17)/t11-/m0/s1. The van der Waals surface area contributed by atoms with E-state index < -0.39 is 0 Å². The zero-order chi connectivity index (χ0) is 13.8. The number of nitrogens with one attached hydrogen (secondary N) is 2. The minimum Gasteiger partial charge on any atom is -0.347 e. The summed E-state index contributed by atoms with van der Waals surface area (Å²) >= 11 is 1.63. The van der Waals surface area contributed by atoms with Crippen molar-refractivity contribution in [3.8, 4) is 0 Å². The predicted octanol–water partition coefficient (Wildman–Crippen LogP) is 2.23. The second-order valence-corrected chi connectivity index (χ2v) is 6.34. The van der Waals surface area contributed by atoms with Crippen molar-refractivity contribution in [2.45, 2.75) is 44.1 Å². The van der Waals surface area contributed by atoms with Gasteiger partial charge in [-0.1, -0.05) is 6.07 Å². The average Bonchev–Trinajstić information content (AvgIpc) is 3.18. The Bertz CT molecular complexity index is 443. The summed E-state index contributed by atoms with van der Waals surface area (Å²) in [6.07, 6.45) is 4.27. The summed E-state index contributed by atoms with van der Waals surface area (Å²) in [4.78, 5) is 12.8. The molecule has 1 aliphatic carbocycles. The highest BCUT2D eigenvalue weighted by Gasteiger charge is 2.43. The Kier molecular flexibility index (Phi) is 4.24. The van der Waals surface area contributed by atoms with E-state index in [2.05, 4.69) is 10.6 Å². The van der Waals surface area contributed by atoms with Crippen LogP contribution in [0.5, 0.6) is 0 Å². The molecule has 2 heterocycles. The topological polar surface area (TPSA) is 59.6 Å². The van der Waals surface area contributed by atoms with Gasteiger partial charge in [0.05, 0.1) is 13.2 Å². The molecule has 0 aromatic carbocycles. The Morgan fingerprint density at radius 2 is 2.25 bits per heavy atom. The van der Waals surface area contributed by atoms with Gasteiger partial charge in [-0.3, -0.25) is 0 Å². The highest BCUT2D eigenvalue weighted by Crippen LogP contribution is 2.38. The molecule has 1 spiro atoms. The molecule has 110 valence electrons. The van der Waals surface area contributed by atoms with E-state index in [1.54, 1.807) is 11.3 Å². The lowest BCUT2D eigenvalue weighted by atomic mass is 10.2. The first-order chi connectivity index (χ1) is 9.76. The normalized spacial score (nSPS) is 24.1. The summed E-state index contributed by atoms with van der Waals surface area (Å²) in [5.74, 6) is -0.347. The Hall–Kier alpha value is -1.11. The molecule has 1 saturated heterocycles. The van der Waals surface area contributed by atoms with Crippen LogP contribution in [0.15, 0.2) is 17.5 Å². The zero-order valence-corrected chi connectivity index (χ0v) is 12.2. The third-order valence-corrected chi connectivity index (χ3v) is 4.65. The maximum atomic E-state index is 11.7. The fraction of sp³-hybridized carbons (Fsp3) is 0.643. The number of rotatable bonds is 4. The molecule has 1 aliphatic heterocycles. The van der Waals surface area contributed by atoms with Crippen LogP contribution in [0.25, 0.3) is 0 Å². The summed E-state index contributed by atoms with van der Waals surface area (Å²) in [6, 6.07) is 3.82. The molecule has 1 atom stereocenters. The highest BCUT2D eigenvalue weighted by atomic mass is 32.1. The minimum atomic E-state index is -0.347. The molecule has 5 nitrogen and oxygen atoms in total. The van der Waals surface area contributed by atoms with Gasteiger partial charge in [-0.15, -0.1) is 11.3 Å². The van der Waals surface area contributed by atoms with Crippen LogP contribution < -0.4 is 10.6 Å². The molecular formula is C14H20N2O3S. The van der Waals surface area contributed by atoms with Crippen molar-refractivity contribution in [1.29, 1.82) is 0 Å². The number of carbonyl (C=O) groups is 1.